The number of urea groups is 1. The Morgan fingerprint density at radius 3 is 2.70 bits per heavy atom. The number of carbonyl (C=O) groups excluding carboxylic acids is 2. The minimum Gasteiger partial charge on any atom is -0.454 e. The maximum Gasteiger partial charge on any atom is 0.312 e. The lowest BCUT2D eigenvalue weighted by atomic mass is 10.0. The summed E-state index contributed by atoms with van der Waals surface area (Å²) in [6.45, 7) is 4.67. The topological polar surface area (TPSA) is 103 Å². The Hall–Kier alpha value is -2.44. The van der Waals surface area contributed by atoms with Crippen molar-refractivity contribution in [1.82, 2.24) is 10.6 Å². The summed E-state index contributed by atoms with van der Waals surface area (Å²) in [6, 6.07) is 4.40. The number of carbonyl (C=O) groups is 2. The van der Waals surface area contributed by atoms with Crippen molar-refractivity contribution in [1.29, 1.82) is 0 Å². The highest BCUT2D eigenvalue weighted by Gasteiger charge is 2.20. The average molecular weight is 321 g/mol. The molecule has 0 saturated carbocycles. The molecule has 7 nitrogen and oxygen atoms in total. The summed E-state index contributed by atoms with van der Waals surface area (Å²) in [5, 5.41) is 5.31. The molecule has 0 fully saturated rings. The number of primary amides is 1. The first-order valence-electron chi connectivity index (χ1n) is 7.68. The van der Waals surface area contributed by atoms with Crippen molar-refractivity contribution in [2.24, 2.45) is 11.7 Å². The Morgan fingerprint density at radius 2 is 2.00 bits per heavy atom. The molecule has 23 heavy (non-hydrogen) atoms. The molecular formula is C16H23N3O4. The highest BCUT2D eigenvalue weighted by molar-refractivity contribution is 5.86. The van der Waals surface area contributed by atoms with Gasteiger partial charge in [0.1, 0.15) is 6.04 Å². The molecule has 126 valence electrons. The Kier molecular flexibility index (Phi) is 5.67. The first-order valence-corrected chi connectivity index (χ1v) is 7.68. The van der Waals surface area contributed by atoms with Gasteiger partial charge in [-0.05, 0) is 36.5 Å². The Bertz CT molecular complexity index is 574. The maximum atomic E-state index is 12.2. The Labute approximate surface area is 135 Å². The van der Waals surface area contributed by atoms with E-state index < -0.39 is 12.1 Å². The zero-order valence-corrected chi connectivity index (χ0v) is 13.4. The van der Waals surface area contributed by atoms with Gasteiger partial charge in [-0.3, -0.25) is 4.79 Å². The fourth-order valence-electron chi connectivity index (χ4n) is 2.42. The van der Waals surface area contributed by atoms with Crippen LogP contribution in [0.25, 0.3) is 0 Å². The van der Waals surface area contributed by atoms with E-state index in [1.165, 1.54) is 0 Å². The number of ether oxygens (including phenoxy) is 2. The van der Waals surface area contributed by atoms with Gasteiger partial charge < -0.3 is 25.8 Å². The molecule has 0 radical (unpaired) electrons. The second-order valence-electron chi connectivity index (χ2n) is 5.92. The minimum absolute atomic E-state index is 0.224. The van der Waals surface area contributed by atoms with Gasteiger partial charge in [-0.15, -0.1) is 0 Å². The molecule has 0 saturated heterocycles. The van der Waals surface area contributed by atoms with E-state index in [2.05, 4.69) is 10.6 Å². The van der Waals surface area contributed by atoms with Crippen LogP contribution in [0.5, 0.6) is 11.5 Å². The van der Waals surface area contributed by atoms with Crippen molar-refractivity contribution in [2.45, 2.75) is 32.7 Å². The van der Waals surface area contributed by atoms with E-state index >= 15 is 0 Å². The number of benzene rings is 1. The predicted octanol–water partition coefficient (Wildman–Crippen LogP) is 1.16. The van der Waals surface area contributed by atoms with Crippen LogP contribution in [0.2, 0.25) is 0 Å². The van der Waals surface area contributed by atoms with E-state index in [1.807, 2.05) is 32.0 Å². The van der Waals surface area contributed by atoms with Gasteiger partial charge in [-0.1, -0.05) is 19.9 Å². The third kappa shape index (κ3) is 5.05. The van der Waals surface area contributed by atoms with E-state index in [0.29, 0.717) is 19.4 Å². The van der Waals surface area contributed by atoms with Gasteiger partial charge >= 0.3 is 6.03 Å². The molecule has 1 atom stereocenters. The van der Waals surface area contributed by atoms with E-state index in [9.17, 15) is 9.59 Å². The number of nitrogens with two attached hydrogens (primary N) is 1. The molecule has 1 aromatic carbocycles. The van der Waals surface area contributed by atoms with Crippen LogP contribution in [0.15, 0.2) is 18.2 Å². The summed E-state index contributed by atoms with van der Waals surface area (Å²) in [5.74, 6) is 1.51. The summed E-state index contributed by atoms with van der Waals surface area (Å²) in [4.78, 5) is 23.2. The van der Waals surface area contributed by atoms with Crippen LogP contribution >= 0.6 is 0 Å². The first kappa shape index (κ1) is 16.9. The summed E-state index contributed by atoms with van der Waals surface area (Å²) < 4.78 is 10.6. The number of fused-ring (bicyclic) bond motifs is 1. The van der Waals surface area contributed by atoms with Crippen LogP contribution in [0.1, 0.15) is 25.8 Å². The lowest BCUT2D eigenvalue weighted by Gasteiger charge is -2.19. The van der Waals surface area contributed by atoms with Crippen molar-refractivity contribution in [3.05, 3.63) is 23.8 Å². The lowest BCUT2D eigenvalue weighted by Crippen LogP contribution is -2.49. The minimum atomic E-state index is -0.693. The average Bonchev–Trinajstić information content (AvgIpc) is 2.93. The molecule has 1 heterocycles. The molecule has 3 amide bonds. The molecule has 4 N–H and O–H groups in total. The Balaban J connectivity index is 1.83. The second kappa shape index (κ2) is 7.71. The molecule has 0 aliphatic carbocycles. The summed E-state index contributed by atoms with van der Waals surface area (Å²) >= 11 is 0. The molecular weight excluding hydrogens is 298 g/mol. The first-order chi connectivity index (χ1) is 11.0. The normalized spacial score (nSPS) is 13.7. The maximum absolute atomic E-state index is 12.2. The molecule has 7 heteroatoms. The van der Waals surface area contributed by atoms with Crippen molar-refractivity contribution >= 4 is 11.9 Å². The van der Waals surface area contributed by atoms with E-state index in [-0.39, 0.29) is 18.6 Å². The molecule has 2 rings (SSSR count). The molecule has 1 aliphatic heterocycles. The summed E-state index contributed by atoms with van der Waals surface area (Å²) in [6.07, 6.45) is 1.20. The van der Waals surface area contributed by atoms with Gasteiger partial charge in [0.25, 0.3) is 0 Å². The third-order valence-corrected chi connectivity index (χ3v) is 3.49. The second-order valence-corrected chi connectivity index (χ2v) is 5.92. The van der Waals surface area contributed by atoms with Crippen molar-refractivity contribution in [3.8, 4) is 11.5 Å². The zero-order valence-electron chi connectivity index (χ0n) is 13.4. The van der Waals surface area contributed by atoms with Gasteiger partial charge in [-0.2, -0.15) is 0 Å². The summed E-state index contributed by atoms with van der Waals surface area (Å²) in [7, 11) is 0. The van der Waals surface area contributed by atoms with Gasteiger partial charge in [-0.25, -0.2) is 4.79 Å². The van der Waals surface area contributed by atoms with E-state index in [0.717, 1.165) is 17.1 Å². The van der Waals surface area contributed by atoms with Gasteiger partial charge in [0.05, 0.1) is 0 Å². The molecule has 0 bridgehead atoms. The standard InChI is InChI=1S/C16H23N3O4/c1-10(2)7-12(19-16(17)21)15(20)18-6-5-11-3-4-13-14(8-11)23-9-22-13/h3-4,8,10,12H,5-7,9H2,1-2H3,(H,18,20)(H3,17,19,21)/t12-/m1/s1. The highest BCUT2D eigenvalue weighted by atomic mass is 16.7. The third-order valence-electron chi connectivity index (χ3n) is 3.49. The largest absolute Gasteiger partial charge is 0.454 e. The van der Waals surface area contributed by atoms with Gasteiger partial charge in [0.15, 0.2) is 11.5 Å². The lowest BCUT2D eigenvalue weighted by molar-refractivity contribution is -0.123. The van der Waals surface area contributed by atoms with Crippen LogP contribution < -0.4 is 25.8 Å². The van der Waals surface area contributed by atoms with E-state index in [4.69, 9.17) is 15.2 Å². The van der Waals surface area contributed by atoms with Crippen LogP contribution in [0.3, 0.4) is 0 Å². The summed E-state index contributed by atoms with van der Waals surface area (Å²) in [5.41, 5.74) is 6.16. The SMILES string of the molecule is CC(C)C[C@@H](NC(N)=O)C(=O)NCCc1ccc2c(c1)OCO2. The Morgan fingerprint density at radius 1 is 1.26 bits per heavy atom. The fourth-order valence-corrected chi connectivity index (χ4v) is 2.42. The monoisotopic (exact) mass is 321 g/mol. The molecule has 0 spiro atoms. The molecule has 1 aliphatic rings. The number of hydrogen-bond donors (Lipinski definition) is 3. The van der Waals surface area contributed by atoms with Gasteiger partial charge in [0, 0.05) is 6.54 Å². The van der Waals surface area contributed by atoms with Gasteiger partial charge in [0.2, 0.25) is 12.7 Å². The zero-order chi connectivity index (χ0) is 16.8. The van der Waals surface area contributed by atoms with Crippen LogP contribution in [-0.2, 0) is 11.2 Å². The number of hydrogen-bond acceptors (Lipinski definition) is 4. The van der Waals surface area contributed by atoms with Crippen LogP contribution in [0.4, 0.5) is 4.79 Å². The molecule has 1 aromatic rings. The number of nitrogens with one attached hydrogen (secondary N) is 2. The van der Waals surface area contributed by atoms with Crippen molar-refractivity contribution in [2.75, 3.05) is 13.3 Å². The quantitative estimate of drug-likeness (QED) is 0.701. The van der Waals surface area contributed by atoms with Crippen LogP contribution in [0, 0.1) is 5.92 Å². The molecule has 0 unspecified atom stereocenters. The van der Waals surface area contributed by atoms with Crippen LogP contribution in [-0.4, -0.2) is 31.3 Å². The van der Waals surface area contributed by atoms with E-state index in [1.54, 1.807) is 0 Å². The van der Waals surface area contributed by atoms with Crippen molar-refractivity contribution in [3.63, 3.8) is 0 Å². The highest BCUT2D eigenvalue weighted by Crippen LogP contribution is 2.32. The van der Waals surface area contributed by atoms with Crippen molar-refractivity contribution < 1.29 is 19.1 Å². The smallest absolute Gasteiger partial charge is 0.312 e. The fraction of sp³-hybridized carbons (Fsp3) is 0.500. The number of rotatable bonds is 7. The number of amides is 3. The predicted molar refractivity (Wildman–Crippen MR) is 85.2 cm³/mol. The molecule has 0 aromatic heterocycles.